The van der Waals surface area contributed by atoms with Gasteiger partial charge in [0, 0.05) is 23.5 Å². The number of hydrogen-bond donors (Lipinski definition) is 1. The van der Waals surface area contributed by atoms with Crippen molar-refractivity contribution in [2.24, 2.45) is 0 Å². The molecule has 5 rings (SSSR count). The van der Waals surface area contributed by atoms with E-state index in [1.807, 2.05) is 6.07 Å². The third-order valence-corrected chi connectivity index (χ3v) is 7.46. The summed E-state index contributed by atoms with van der Waals surface area (Å²) in [6.45, 7) is 0.339. The smallest absolute Gasteiger partial charge is 0.264 e. The van der Waals surface area contributed by atoms with Crippen LogP contribution < -0.4 is 9.86 Å². The summed E-state index contributed by atoms with van der Waals surface area (Å²) in [4.78, 5) is 14.8. The number of fused-ring (bicyclic) bond motifs is 2. The molecule has 1 aromatic heterocycles. The highest BCUT2D eigenvalue weighted by atomic mass is 32.2. The monoisotopic (exact) mass is 391 g/mol. The van der Waals surface area contributed by atoms with Crippen molar-refractivity contribution < 1.29 is 8.42 Å². The van der Waals surface area contributed by atoms with Crippen LogP contribution in [0.15, 0.2) is 52.3 Å². The zero-order chi connectivity index (χ0) is 19.5. The molecule has 140 valence electrons. The number of pyridine rings is 1. The summed E-state index contributed by atoms with van der Waals surface area (Å²) < 4.78 is 28.5. The van der Waals surface area contributed by atoms with E-state index < -0.39 is 10.0 Å². The molecule has 1 N–H and O–H groups in total. The van der Waals surface area contributed by atoms with Crippen LogP contribution >= 0.6 is 0 Å². The van der Waals surface area contributed by atoms with Crippen molar-refractivity contribution >= 4 is 26.5 Å². The maximum Gasteiger partial charge on any atom is 0.264 e. The highest BCUT2D eigenvalue weighted by Gasteiger charge is 2.36. The van der Waals surface area contributed by atoms with Crippen molar-refractivity contribution in [2.75, 3.05) is 10.8 Å². The van der Waals surface area contributed by atoms with Crippen LogP contribution in [0, 0.1) is 11.3 Å². The van der Waals surface area contributed by atoms with Gasteiger partial charge < -0.3 is 4.98 Å². The summed E-state index contributed by atoms with van der Waals surface area (Å²) in [5.41, 5.74) is 2.91. The van der Waals surface area contributed by atoms with Crippen molar-refractivity contribution in [3.8, 4) is 6.07 Å². The summed E-state index contributed by atoms with van der Waals surface area (Å²) >= 11 is 0. The summed E-state index contributed by atoms with van der Waals surface area (Å²) in [5, 5.41) is 10.2. The molecule has 2 aromatic carbocycles. The molecule has 0 bridgehead atoms. The zero-order valence-corrected chi connectivity index (χ0v) is 15.8. The Labute approximate surface area is 162 Å². The number of rotatable bonds is 3. The molecule has 2 heterocycles. The largest absolute Gasteiger partial charge is 0.329 e. The molecular weight excluding hydrogens is 374 g/mol. The SMILES string of the molecule is N#Cc1cc(C2CC2)c2c(c1)N(S(=O)(=O)c1cccc3c(=O)[nH]ccc13)CC2. The average molecular weight is 391 g/mol. The Kier molecular flexibility index (Phi) is 3.61. The molecule has 3 aromatic rings. The number of aromatic amines is 1. The number of benzene rings is 2. The first-order valence-electron chi connectivity index (χ1n) is 9.21. The van der Waals surface area contributed by atoms with Crippen LogP contribution in [0.5, 0.6) is 0 Å². The van der Waals surface area contributed by atoms with Crippen molar-refractivity contribution in [1.29, 1.82) is 5.26 Å². The lowest BCUT2D eigenvalue weighted by Gasteiger charge is -2.21. The molecule has 1 fully saturated rings. The molecule has 0 unspecified atom stereocenters. The fourth-order valence-electron chi connectivity index (χ4n) is 4.12. The molecule has 6 nitrogen and oxygen atoms in total. The Morgan fingerprint density at radius 3 is 2.71 bits per heavy atom. The second-order valence-corrected chi connectivity index (χ2v) is 9.13. The normalized spacial score (nSPS) is 16.2. The van der Waals surface area contributed by atoms with Gasteiger partial charge in [0.2, 0.25) is 0 Å². The van der Waals surface area contributed by atoms with E-state index in [0.29, 0.717) is 40.9 Å². The Morgan fingerprint density at radius 2 is 1.96 bits per heavy atom. The summed E-state index contributed by atoms with van der Waals surface area (Å²) in [6, 6.07) is 12.1. The van der Waals surface area contributed by atoms with Gasteiger partial charge in [-0.05, 0) is 66.6 Å². The first-order chi connectivity index (χ1) is 13.5. The van der Waals surface area contributed by atoms with Gasteiger partial charge in [0.15, 0.2) is 0 Å². The number of H-pyrrole nitrogens is 1. The molecule has 1 saturated carbocycles. The van der Waals surface area contributed by atoms with Crippen LogP contribution in [-0.2, 0) is 16.4 Å². The second kappa shape index (κ2) is 5.94. The topological polar surface area (TPSA) is 94.0 Å². The average Bonchev–Trinajstić information content (AvgIpc) is 3.45. The van der Waals surface area contributed by atoms with E-state index in [-0.39, 0.29) is 10.5 Å². The number of hydrogen-bond acceptors (Lipinski definition) is 4. The third-order valence-electron chi connectivity index (χ3n) is 5.58. The molecule has 0 atom stereocenters. The summed E-state index contributed by atoms with van der Waals surface area (Å²) in [5.74, 6) is 0.431. The van der Waals surface area contributed by atoms with Gasteiger partial charge in [-0.1, -0.05) is 6.07 Å². The molecule has 2 aliphatic rings. The quantitative estimate of drug-likeness (QED) is 0.742. The molecule has 28 heavy (non-hydrogen) atoms. The van der Waals surface area contributed by atoms with Crippen LogP contribution in [0.4, 0.5) is 5.69 Å². The standard InChI is InChI=1S/C21H17N3O3S/c22-12-13-10-18(14-4-5-14)15-7-9-24(19(15)11-13)28(26,27)20-3-1-2-17-16(20)6-8-23-21(17)25/h1-3,6,8,10-11,14H,4-5,7,9H2,(H,23,25). The summed E-state index contributed by atoms with van der Waals surface area (Å²) in [6.07, 6.45) is 4.26. The minimum Gasteiger partial charge on any atom is -0.329 e. The fourth-order valence-corrected chi connectivity index (χ4v) is 5.81. The van der Waals surface area contributed by atoms with Gasteiger partial charge in [-0.2, -0.15) is 5.26 Å². The lowest BCUT2D eigenvalue weighted by atomic mass is 9.98. The second-order valence-electron chi connectivity index (χ2n) is 7.30. The minimum absolute atomic E-state index is 0.110. The number of sulfonamides is 1. The number of anilines is 1. The van der Waals surface area contributed by atoms with Crippen molar-refractivity contribution in [3.63, 3.8) is 0 Å². The van der Waals surface area contributed by atoms with Gasteiger partial charge in [-0.25, -0.2) is 8.42 Å². The maximum atomic E-state index is 13.5. The molecule has 0 spiro atoms. The Hall–Kier alpha value is -3.11. The number of aromatic nitrogens is 1. The van der Waals surface area contributed by atoms with Gasteiger partial charge in [0.1, 0.15) is 0 Å². The van der Waals surface area contributed by atoms with Crippen molar-refractivity contribution in [3.05, 3.63) is 69.6 Å². The van der Waals surface area contributed by atoms with E-state index in [0.717, 1.165) is 24.0 Å². The Morgan fingerprint density at radius 1 is 1.14 bits per heavy atom. The zero-order valence-electron chi connectivity index (χ0n) is 15.0. The van der Waals surface area contributed by atoms with Crippen LogP contribution in [0.2, 0.25) is 0 Å². The Balaban J connectivity index is 1.71. The lowest BCUT2D eigenvalue weighted by molar-refractivity contribution is 0.593. The van der Waals surface area contributed by atoms with Gasteiger partial charge >= 0.3 is 0 Å². The van der Waals surface area contributed by atoms with Gasteiger partial charge in [0.25, 0.3) is 15.6 Å². The predicted molar refractivity (Wildman–Crippen MR) is 106 cm³/mol. The van der Waals surface area contributed by atoms with E-state index in [2.05, 4.69) is 11.1 Å². The molecule has 0 radical (unpaired) electrons. The molecule has 1 aliphatic carbocycles. The molecule has 1 aliphatic heterocycles. The van der Waals surface area contributed by atoms with Crippen LogP contribution in [0.25, 0.3) is 10.8 Å². The van der Waals surface area contributed by atoms with Gasteiger partial charge in [0.05, 0.1) is 22.2 Å². The van der Waals surface area contributed by atoms with E-state index in [1.54, 1.807) is 24.3 Å². The van der Waals surface area contributed by atoms with Crippen LogP contribution in [0.1, 0.15) is 35.4 Å². The van der Waals surface area contributed by atoms with Crippen LogP contribution in [0.3, 0.4) is 0 Å². The van der Waals surface area contributed by atoms with Gasteiger partial charge in [-0.15, -0.1) is 0 Å². The van der Waals surface area contributed by atoms with Crippen molar-refractivity contribution in [2.45, 2.75) is 30.1 Å². The van der Waals surface area contributed by atoms with E-state index >= 15 is 0 Å². The first kappa shape index (κ1) is 17.0. The molecule has 0 saturated heterocycles. The summed E-state index contributed by atoms with van der Waals surface area (Å²) in [7, 11) is -3.87. The van der Waals surface area contributed by atoms with E-state index in [1.165, 1.54) is 16.6 Å². The molecular formula is C21H17N3O3S. The maximum absolute atomic E-state index is 13.5. The van der Waals surface area contributed by atoms with E-state index in [4.69, 9.17) is 0 Å². The number of nitrogens with one attached hydrogen (secondary N) is 1. The highest BCUT2D eigenvalue weighted by Crippen LogP contribution is 2.47. The van der Waals surface area contributed by atoms with Crippen LogP contribution in [-0.4, -0.2) is 19.9 Å². The Bertz CT molecular complexity index is 1330. The lowest BCUT2D eigenvalue weighted by Crippen LogP contribution is -2.29. The fraction of sp³-hybridized carbons (Fsp3) is 0.238. The molecule has 0 amide bonds. The number of nitriles is 1. The predicted octanol–water partition coefficient (Wildman–Crippen LogP) is 3.03. The minimum atomic E-state index is -3.87. The third kappa shape index (κ3) is 2.45. The van der Waals surface area contributed by atoms with Crippen molar-refractivity contribution in [1.82, 2.24) is 4.98 Å². The van der Waals surface area contributed by atoms with Gasteiger partial charge in [-0.3, -0.25) is 9.10 Å². The molecule has 7 heteroatoms. The highest BCUT2D eigenvalue weighted by molar-refractivity contribution is 7.93. The number of nitrogens with zero attached hydrogens (tertiary/aromatic N) is 2. The first-order valence-corrected chi connectivity index (χ1v) is 10.6. The van der Waals surface area contributed by atoms with E-state index in [9.17, 15) is 18.5 Å².